The zero-order chi connectivity index (χ0) is 27.5. The Hall–Kier alpha value is -3.64. The number of carbonyl (C=O) groups excluding carboxylic acids is 1. The van der Waals surface area contributed by atoms with E-state index in [1.54, 1.807) is 0 Å². The molecule has 1 aliphatic rings. The third-order valence-corrected chi connectivity index (χ3v) is 9.59. The maximum Gasteiger partial charge on any atom is 0.287 e. The fourth-order valence-electron chi connectivity index (χ4n) is 5.93. The van der Waals surface area contributed by atoms with Crippen LogP contribution in [0.2, 0.25) is 0 Å². The van der Waals surface area contributed by atoms with E-state index < -0.39 is 0 Å². The SMILES string of the molecule is CN(C)c1ccc([C@H](CNC(=O)c2oc3ccccc3c2CSC2CCCCC2)c2c[nH]c3ccccc23)cc1. The second-order valence-corrected chi connectivity index (χ2v) is 12.3. The molecule has 2 aromatic heterocycles. The molecule has 6 heteroatoms. The number of hydrogen-bond acceptors (Lipinski definition) is 4. The number of hydrogen-bond donors (Lipinski definition) is 2. The van der Waals surface area contributed by atoms with Gasteiger partial charge in [0.05, 0.1) is 0 Å². The van der Waals surface area contributed by atoms with Crippen LogP contribution in [0.1, 0.15) is 65.3 Å². The molecule has 0 saturated heterocycles. The van der Waals surface area contributed by atoms with Gasteiger partial charge in [0, 0.05) is 71.3 Å². The molecule has 1 saturated carbocycles. The Labute approximate surface area is 240 Å². The van der Waals surface area contributed by atoms with Gasteiger partial charge in [-0.3, -0.25) is 4.79 Å². The van der Waals surface area contributed by atoms with Gasteiger partial charge < -0.3 is 19.6 Å². The highest BCUT2D eigenvalue weighted by Crippen LogP contribution is 2.36. The summed E-state index contributed by atoms with van der Waals surface area (Å²) < 4.78 is 6.20. The van der Waals surface area contributed by atoms with Gasteiger partial charge >= 0.3 is 0 Å². The van der Waals surface area contributed by atoms with E-state index in [9.17, 15) is 4.79 Å². The molecule has 5 aromatic rings. The summed E-state index contributed by atoms with van der Waals surface area (Å²) in [6, 6.07) is 25.0. The number of fused-ring (bicyclic) bond motifs is 2. The lowest BCUT2D eigenvalue weighted by atomic mass is 9.90. The van der Waals surface area contributed by atoms with Gasteiger partial charge in [0.25, 0.3) is 5.91 Å². The number of nitrogens with zero attached hydrogens (tertiary/aromatic N) is 1. The Kier molecular flexibility index (Phi) is 7.87. The standard InChI is InChI=1S/C34H37N3O2S/c1-37(2)24-18-16-23(17-19-24)28(29-21-35-31-14-8-6-12-26(29)31)20-36-34(38)33-30(22-40-25-10-4-3-5-11-25)27-13-7-9-15-32(27)39-33/h6-9,12-19,21,25,28,35H,3-5,10-11,20,22H2,1-2H3,(H,36,38)/t28-/m0/s1. The summed E-state index contributed by atoms with van der Waals surface area (Å²) in [7, 11) is 4.09. The number of anilines is 1. The highest BCUT2D eigenvalue weighted by molar-refractivity contribution is 7.99. The molecule has 0 unspecified atom stereocenters. The number of benzene rings is 3. The fraction of sp³-hybridized carbons (Fsp3) is 0.324. The van der Waals surface area contributed by atoms with Crippen LogP contribution in [-0.2, 0) is 5.75 Å². The summed E-state index contributed by atoms with van der Waals surface area (Å²) in [6.07, 6.45) is 8.56. The predicted octanol–water partition coefficient (Wildman–Crippen LogP) is 8.11. The highest BCUT2D eigenvalue weighted by atomic mass is 32.2. The Balaban J connectivity index is 1.28. The molecule has 1 aliphatic carbocycles. The zero-order valence-corrected chi connectivity index (χ0v) is 24.1. The molecule has 3 aromatic carbocycles. The van der Waals surface area contributed by atoms with E-state index in [0.717, 1.165) is 39.1 Å². The van der Waals surface area contributed by atoms with E-state index >= 15 is 0 Å². The van der Waals surface area contributed by atoms with Crippen LogP contribution >= 0.6 is 11.8 Å². The number of rotatable bonds is 9. The minimum Gasteiger partial charge on any atom is -0.451 e. The van der Waals surface area contributed by atoms with Crippen LogP contribution in [-0.4, -0.2) is 36.8 Å². The number of para-hydroxylation sites is 2. The molecule has 0 bridgehead atoms. The van der Waals surface area contributed by atoms with Crippen molar-refractivity contribution in [3.63, 3.8) is 0 Å². The summed E-state index contributed by atoms with van der Waals surface area (Å²) in [5, 5.41) is 6.14. The van der Waals surface area contributed by atoms with Crippen LogP contribution in [0, 0.1) is 0 Å². The van der Waals surface area contributed by atoms with Crippen LogP contribution < -0.4 is 10.2 Å². The molecule has 0 radical (unpaired) electrons. The van der Waals surface area contributed by atoms with Gasteiger partial charge in [0.2, 0.25) is 0 Å². The smallest absolute Gasteiger partial charge is 0.287 e. The second-order valence-electron chi connectivity index (χ2n) is 11.0. The van der Waals surface area contributed by atoms with Gasteiger partial charge in [-0.25, -0.2) is 0 Å². The third-order valence-electron chi connectivity index (χ3n) is 8.20. The van der Waals surface area contributed by atoms with Crippen LogP contribution in [0.25, 0.3) is 21.9 Å². The molecule has 2 N–H and O–H groups in total. The average molecular weight is 552 g/mol. The number of H-pyrrole nitrogens is 1. The van der Waals surface area contributed by atoms with Gasteiger partial charge in [-0.2, -0.15) is 11.8 Å². The van der Waals surface area contributed by atoms with E-state index in [4.69, 9.17) is 4.42 Å². The van der Waals surface area contributed by atoms with E-state index in [0.29, 0.717) is 17.6 Å². The van der Waals surface area contributed by atoms with Gasteiger partial charge in [0.15, 0.2) is 5.76 Å². The predicted molar refractivity (Wildman–Crippen MR) is 168 cm³/mol. The molecular formula is C34H37N3O2S. The maximum atomic E-state index is 13.8. The second kappa shape index (κ2) is 11.8. The fourth-order valence-corrected chi connectivity index (χ4v) is 7.28. The topological polar surface area (TPSA) is 61.3 Å². The number of aromatic amines is 1. The number of aromatic nitrogens is 1. The highest BCUT2D eigenvalue weighted by Gasteiger charge is 2.25. The summed E-state index contributed by atoms with van der Waals surface area (Å²) in [5.74, 6) is 1.08. The lowest BCUT2D eigenvalue weighted by Crippen LogP contribution is -2.29. The first-order chi connectivity index (χ1) is 19.6. The van der Waals surface area contributed by atoms with Crippen molar-refractivity contribution in [1.29, 1.82) is 0 Å². The first kappa shape index (κ1) is 26.6. The number of thioether (sulfide) groups is 1. The van der Waals surface area contributed by atoms with Crippen LogP contribution in [0.15, 0.2) is 83.4 Å². The first-order valence-corrected chi connectivity index (χ1v) is 15.4. The van der Waals surface area contributed by atoms with Crippen molar-refractivity contribution >= 4 is 45.2 Å². The van der Waals surface area contributed by atoms with E-state index in [2.05, 4.69) is 69.9 Å². The third kappa shape index (κ3) is 5.50. The number of furan rings is 1. The van der Waals surface area contributed by atoms with E-state index in [-0.39, 0.29) is 11.8 Å². The lowest BCUT2D eigenvalue weighted by Gasteiger charge is -2.21. The molecule has 2 heterocycles. The first-order valence-electron chi connectivity index (χ1n) is 14.3. The summed E-state index contributed by atoms with van der Waals surface area (Å²) in [4.78, 5) is 19.3. The quantitative estimate of drug-likeness (QED) is 0.194. The Morgan fingerprint density at radius 3 is 2.48 bits per heavy atom. The molecule has 206 valence electrons. The lowest BCUT2D eigenvalue weighted by molar-refractivity contribution is 0.0926. The summed E-state index contributed by atoms with van der Waals surface area (Å²) in [5.41, 5.74) is 6.37. The molecule has 1 fully saturated rings. The van der Waals surface area contributed by atoms with Crippen molar-refractivity contribution in [1.82, 2.24) is 10.3 Å². The van der Waals surface area contributed by atoms with Crippen molar-refractivity contribution in [2.45, 2.75) is 49.0 Å². The minimum absolute atomic E-state index is 0.0132. The zero-order valence-electron chi connectivity index (χ0n) is 23.3. The van der Waals surface area contributed by atoms with Gasteiger partial charge in [-0.1, -0.05) is 67.8 Å². The van der Waals surface area contributed by atoms with Crippen molar-refractivity contribution in [3.05, 3.63) is 101 Å². The molecule has 6 rings (SSSR count). The number of amides is 1. The van der Waals surface area contributed by atoms with Gasteiger partial charge in [0.1, 0.15) is 5.58 Å². The van der Waals surface area contributed by atoms with E-state index in [1.165, 1.54) is 43.1 Å². The molecule has 0 spiro atoms. The van der Waals surface area contributed by atoms with Crippen molar-refractivity contribution < 1.29 is 9.21 Å². The van der Waals surface area contributed by atoms with Crippen LogP contribution in [0.5, 0.6) is 0 Å². The normalized spacial score (nSPS) is 14.9. The summed E-state index contributed by atoms with van der Waals surface area (Å²) in [6.45, 7) is 0.467. The van der Waals surface area contributed by atoms with Crippen LogP contribution in [0.4, 0.5) is 5.69 Å². The van der Waals surface area contributed by atoms with Crippen molar-refractivity contribution in [2.24, 2.45) is 0 Å². The number of carbonyl (C=O) groups is 1. The monoisotopic (exact) mass is 551 g/mol. The Morgan fingerprint density at radius 2 is 1.70 bits per heavy atom. The van der Waals surface area contributed by atoms with E-state index in [1.807, 2.05) is 50.1 Å². The van der Waals surface area contributed by atoms with Gasteiger partial charge in [-0.15, -0.1) is 0 Å². The molecule has 0 aliphatic heterocycles. The minimum atomic E-state index is -0.148. The van der Waals surface area contributed by atoms with Gasteiger partial charge in [-0.05, 0) is 48.2 Å². The van der Waals surface area contributed by atoms with Crippen molar-refractivity contribution in [3.8, 4) is 0 Å². The number of nitrogens with one attached hydrogen (secondary N) is 2. The Morgan fingerprint density at radius 1 is 0.975 bits per heavy atom. The van der Waals surface area contributed by atoms with Crippen LogP contribution in [0.3, 0.4) is 0 Å². The summed E-state index contributed by atoms with van der Waals surface area (Å²) >= 11 is 1.98. The average Bonchev–Trinajstić information content (AvgIpc) is 3.59. The molecular weight excluding hydrogens is 514 g/mol. The molecule has 1 amide bonds. The largest absolute Gasteiger partial charge is 0.451 e. The Bertz CT molecular complexity index is 1590. The molecule has 5 nitrogen and oxygen atoms in total. The van der Waals surface area contributed by atoms with Crippen molar-refractivity contribution in [2.75, 3.05) is 25.5 Å². The molecule has 1 atom stereocenters. The maximum absolute atomic E-state index is 13.8. The molecule has 40 heavy (non-hydrogen) atoms.